The van der Waals surface area contributed by atoms with Crippen molar-refractivity contribution >= 4 is 34.5 Å². The maximum absolute atomic E-state index is 6.03. The molecule has 0 aliphatic heterocycles. The molecule has 5 nitrogen and oxygen atoms in total. The predicted octanol–water partition coefficient (Wildman–Crippen LogP) is 2.99. The molecule has 0 bridgehead atoms. The highest BCUT2D eigenvalue weighted by Crippen LogP contribution is 2.33. The van der Waals surface area contributed by atoms with Gasteiger partial charge in [0.15, 0.2) is 11.5 Å². The lowest BCUT2D eigenvalue weighted by atomic mass is 10.1. The first-order valence-corrected chi connectivity index (χ1v) is 6.24. The number of anilines is 1. The van der Waals surface area contributed by atoms with Crippen LogP contribution in [0.15, 0.2) is 24.5 Å². The molecule has 7 heteroatoms. The normalized spacial score (nSPS) is 11.1. The molecule has 3 aromatic rings. The van der Waals surface area contributed by atoms with E-state index in [0.717, 1.165) is 5.69 Å². The molecule has 0 unspecified atom stereocenters. The van der Waals surface area contributed by atoms with E-state index in [2.05, 4.69) is 15.2 Å². The Kier molecular flexibility index (Phi) is 2.80. The quantitative estimate of drug-likeness (QED) is 0.700. The predicted molar refractivity (Wildman–Crippen MR) is 75.4 cm³/mol. The fraction of sp³-hybridized carbons (Fsp3) is 0.0833. The number of aryl methyl sites for hydroxylation is 1. The summed E-state index contributed by atoms with van der Waals surface area (Å²) >= 11 is 12.0. The summed E-state index contributed by atoms with van der Waals surface area (Å²) in [6.07, 6.45) is 1.65. The minimum atomic E-state index is 0.388. The van der Waals surface area contributed by atoms with E-state index in [1.165, 1.54) is 0 Å². The van der Waals surface area contributed by atoms with Crippen LogP contribution in [0.25, 0.3) is 17.0 Å². The van der Waals surface area contributed by atoms with Crippen LogP contribution in [-0.4, -0.2) is 19.6 Å². The molecule has 2 aromatic heterocycles. The van der Waals surface area contributed by atoms with E-state index >= 15 is 0 Å². The lowest BCUT2D eigenvalue weighted by molar-refractivity contribution is 1.05. The zero-order chi connectivity index (χ0) is 13.6. The largest absolute Gasteiger partial charge is 0.397 e. The average molecular weight is 294 g/mol. The van der Waals surface area contributed by atoms with Gasteiger partial charge in [0.1, 0.15) is 6.33 Å². The number of aromatic nitrogens is 4. The number of hydrogen-bond acceptors (Lipinski definition) is 4. The summed E-state index contributed by atoms with van der Waals surface area (Å²) in [7, 11) is 0. The van der Waals surface area contributed by atoms with Crippen LogP contribution in [0, 0.1) is 6.92 Å². The highest BCUT2D eigenvalue weighted by molar-refractivity contribution is 6.37. The molecular weight excluding hydrogens is 285 g/mol. The van der Waals surface area contributed by atoms with Crippen molar-refractivity contribution in [3.05, 3.63) is 40.3 Å². The minimum absolute atomic E-state index is 0.388. The van der Waals surface area contributed by atoms with Gasteiger partial charge in [-0.3, -0.25) is 4.40 Å². The Morgan fingerprint density at radius 3 is 2.74 bits per heavy atom. The number of rotatable bonds is 1. The van der Waals surface area contributed by atoms with Crippen LogP contribution in [0.5, 0.6) is 0 Å². The lowest BCUT2D eigenvalue weighted by Crippen LogP contribution is -1.97. The third-order valence-corrected chi connectivity index (χ3v) is 3.30. The van der Waals surface area contributed by atoms with Crippen LogP contribution in [0.2, 0.25) is 10.0 Å². The van der Waals surface area contributed by atoms with E-state index < -0.39 is 0 Å². The second-order valence-electron chi connectivity index (χ2n) is 4.13. The molecule has 2 N–H and O–H groups in total. The van der Waals surface area contributed by atoms with E-state index in [0.29, 0.717) is 32.8 Å². The summed E-state index contributed by atoms with van der Waals surface area (Å²) in [6.45, 7) is 1.89. The average Bonchev–Trinajstić information content (AvgIpc) is 2.76. The number of nitrogen functional groups attached to an aromatic ring is 1. The van der Waals surface area contributed by atoms with E-state index in [9.17, 15) is 0 Å². The Balaban J connectivity index is 2.31. The molecule has 0 spiro atoms. The molecule has 0 saturated heterocycles. The van der Waals surface area contributed by atoms with Gasteiger partial charge >= 0.3 is 0 Å². The van der Waals surface area contributed by atoms with Gasteiger partial charge in [0.2, 0.25) is 0 Å². The number of nitrogens with zero attached hydrogens (tertiary/aromatic N) is 4. The van der Waals surface area contributed by atoms with Gasteiger partial charge in [-0.1, -0.05) is 23.2 Å². The van der Waals surface area contributed by atoms with Crippen LogP contribution in [0.1, 0.15) is 5.69 Å². The summed E-state index contributed by atoms with van der Waals surface area (Å²) in [5.74, 6) is 0.560. The van der Waals surface area contributed by atoms with Gasteiger partial charge < -0.3 is 5.73 Å². The first-order valence-electron chi connectivity index (χ1n) is 5.48. The second kappa shape index (κ2) is 4.36. The van der Waals surface area contributed by atoms with Crippen molar-refractivity contribution in [1.29, 1.82) is 0 Å². The van der Waals surface area contributed by atoms with Crippen LogP contribution >= 0.6 is 23.2 Å². The van der Waals surface area contributed by atoms with Crippen molar-refractivity contribution in [2.24, 2.45) is 0 Å². The van der Waals surface area contributed by atoms with Crippen molar-refractivity contribution in [2.75, 3.05) is 5.73 Å². The zero-order valence-electron chi connectivity index (χ0n) is 9.93. The highest BCUT2D eigenvalue weighted by Gasteiger charge is 2.14. The monoisotopic (exact) mass is 293 g/mol. The molecule has 1 aromatic carbocycles. The summed E-state index contributed by atoms with van der Waals surface area (Å²) in [6, 6.07) is 5.13. The van der Waals surface area contributed by atoms with Gasteiger partial charge in [-0.2, -0.15) is 0 Å². The van der Waals surface area contributed by atoms with Crippen molar-refractivity contribution in [3.8, 4) is 11.4 Å². The highest BCUT2D eigenvalue weighted by atomic mass is 35.5. The van der Waals surface area contributed by atoms with Crippen LogP contribution in [0.4, 0.5) is 5.69 Å². The van der Waals surface area contributed by atoms with Gasteiger partial charge in [0, 0.05) is 22.3 Å². The van der Waals surface area contributed by atoms with E-state index in [1.54, 1.807) is 22.9 Å². The zero-order valence-corrected chi connectivity index (χ0v) is 11.4. The summed E-state index contributed by atoms with van der Waals surface area (Å²) in [4.78, 5) is 4.22. The minimum Gasteiger partial charge on any atom is -0.397 e. The Bertz CT molecular complexity index is 781. The van der Waals surface area contributed by atoms with Gasteiger partial charge in [0.25, 0.3) is 0 Å². The molecule has 2 heterocycles. The summed E-state index contributed by atoms with van der Waals surface area (Å²) in [5, 5.41) is 9.09. The molecule has 0 saturated carbocycles. The number of hydrogen-bond donors (Lipinski definition) is 1. The maximum atomic E-state index is 6.03. The topological polar surface area (TPSA) is 69.1 Å². The van der Waals surface area contributed by atoms with E-state index in [1.807, 2.05) is 13.0 Å². The maximum Gasteiger partial charge on any atom is 0.171 e. The standard InChI is InChI=1S/C12H9Cl2N5/c1-6-2-10-17-18-12(19(10)5-16-6)8-3-7(13)4-9(14)11(8)15/h2-5H,15H2,1H3. The first kappa shape index (κ1) is 12.2. The lowest BCUT2D eigenvalue weighted by Gasteiger charge is -2.06. The molecule has 0 aliphatic rings. The van der Waals surface area contributed by atoms with Crippen molar-refractivity contribution < 1.29 is 0 Å². The van der Waals surface area contributed by atoms with E-state index in [4.69, 9.17) is 28.9 Å². The molecule has 0 atom stereocenters. The Morgan fingerprint density at radius 2 is 1.95 bits per heavy atom. The van der Waals surface area contributed by atoms with Crippen LogP contribution in [0.3, 0.4) is 0 Å². The van der Waals surface area contributed by atoms with Crippen LogP contribution in [-0.2, 0) is 0 Å². The summed E-state index contributed by atoms with van der Waals surface area (Å²) < 4.78 is 1.74. The first-order chi connectivity index (χ1) is 9.06. The fourth-order valence-electron chi connectivity index (χ4n) is 1.84. The van der Waals surface area contributed by atoms with Crippen molar-refractivity contribution in [2.45, 2.75) is 6.92 Å². The van der Waals surface area contributed by atoms with Gasteiger partial charge in [0.05, 0.1) is 10.7 Å². The molecule has 0 amide bonds. The van der Waals surface area contributed by atoms with E-state index in [-0.39, 0.29) is 0 Å². The van der Waals surface area contributed by atoms with Gasteiger partial charge in [-0.05, 0) is 19.1 Å². The van der Waals surface area contributed by atoms with Gasteiger partial charge in [-0.25, -0.2) is 4.98 Å². The van der Waals surface area contributed by atoms with Gasteiger partial charge in [-0.15, -0.1) is 10.2 Å². The molecule has 3 rings (SSSR count). The molecule has 0 fully saturated rings. The smallest absolute Gasteiger partial charge is 0.171 e. The molecule has 19 heavy (non-hydrogen) atoms. The SMILES string of the molecule is Cc1cc2nnc(-c3cc(Cl)cc(Cl)c3N)n2cn1. The Morgan fingerprint density at radius 1 is 1.16 bits per heavy atom. The molecular formula is C12H9Cl2N5. The number of nitrogens with two attached hydrogens (primary N) is 1. The third-order valence-electron chi connectivity index (χ3n) is 2.77. The van der Waals surface area contributed by atoms with Crippen molar-refractivity contribution in [1.82, 2.24) is 19.6 Å². The molecule has 0 aliphatic carbocycles. The van der Waals surface area contributed by atoms with Crippen LogP contribution < -0.4 is 5.73 Å². The fourth-order valence-corrected chi connectivity index (χ4v) is 2.34. The Labute approximate surface area is 119 Å². The van der Waals surface area contributed by atoms with Crippen molar-refractivity contribution in [3.63, 3.8) is 0 Å². The summed E-state index contributed by atoms with van der Waals surface area (Å²) in [5.41, 5.74) is 8.58. The Hall–Kier alpha value is -1.85. The second-order valence-corrected chi connectivity index (χ2v) is 4.97. The number of fused-ring (bicyclic) bond motifs is 1. The third kappa shape index (κ3) is 2.01. The molecule has 96 valence electrons. The number of benzene rings is 1. The number of halogens is 2. The molecule has 0 radical (unpaired) electrons.